The fourth-order valence-electron chi connectivity index (χ4n) is 1.98. The zero-order chi connectivity index (χ0) is 15.2. The molecule has 0 bridgehead atoms. The van der Waals surface area contributed by atoms with E-state index in [-0.39, 0.29) is 0 Å². The van der Waals surface area contributed by atoms with Crippen molar-refractivity contribution in [3.63, 3.8) is 0 Å². The summed E-state index contributed by atoms with van der Waals surface area (Å²) in [4.78, 5) is 25.2. The second-order valence-corrected chi connectivity index (χ2v) is 5.72. The van der Waals surface area contributed by atoms with Crippen LogP contribution < -0.4 is 10.2 Å². The van der Waals surface area contributed by atoms with Gasteiger partial charge in [0.2, 0.25) is 0 Å². The van der Waals surface area contributed by atoms with Gasteiger partial charge >= 0.3 is 0 Å². The van der Waals surface area contributed by atoms with Crippen LogP contribution in [-0.2, 0) is 17.8 Å². The normalized spacial score (nSPS) is 13.0. The molecule has 112 valence electrons. The molecule has 1 aliphatic rings. The molecule has 0 atom stereocenters. The van der Waals surface area contributed by atoms with E-state index in [1.165, 1.54) is 17.5 Å². The van der Waals surface area contributed by atoms with Crippen molar-refractivity contribution in [1.82, 2.24) is 15.0 Å². The molecule has 0 radical (unpaired) electrons. The van der Waals surface area contributed by atoms with Crippen LogP contribution in [0.1, 0.15) is 17.5 Å². The molecule has 0 spiro atoms. The Morgan fingerprint density at radius 1 is 1.43 bits per heavy atom. The Balaban J connectivity index is 0.000000497. The third kappa shape index (κ3) is 3.89. The molecular weight excluding hydrogens is 310 g/mol. The first-order valence-electron chi connectivity index (χ1n) is 6.46. The van der Waals surface area contributed by atoms with Crippen molar-refractivity contribution in [2.24, 2.45) is 0 Å². The van der Waals surface area contributed by atoms with Gasteiger partial charge in [-0.3, -0.25) is 4.98 Å². The summed E-state index contributed by atoms with van der Waals surface area (Å²) < 4.78 is 0. The van der Waals surface area contributed by atoms with Gasteiger partial charge in [0.15, 0.2) is 5.13 Å². The summed E-state index contributed by atoms with van der Waals surface area (Å²) in [7, 11) is 1.89. The van der Waals surface area contributed by atoms with Crippen LogP contribution in [-0.4, -0.2) is 34.8 Å². The van der Waals surface area contributed by atoms with Crippen molar-refractivity contribution in [2.45, 2.75) is 19.9 Å². The molecule has 3 heterocycles. The predicted octanol–water partition coefficient (Wildman–Crippen LogP) is 2.40. The van der Waals surface area contributed by atoms with E-state index in [1.54, 1.807) is 23.7 Å². The minimum absolute atomic E-state index is 0.429. The molecule has 0 unspecified atom stereocenters. The maximum absolute atomic E-state index is 8.81. The third-order valence-corrected chi connectivity index (χ3v) is 4.14. The van der Waals surface area contributed by atoms with Crippen molar-refractivity contribution < 1.29 is 4.79 Å². The Hall–Kier alpha value is -1.73. The van der Waals surface area contributed by atoms with Crippen molar-refractivity contribution in [1.29, 1.82) is 0 Å². The first-order valence-corrected chi connectivity index (χ1v) is 7.66. The van der Waals surface area contributed by atoms with Gasteiger partial charge in [0.1, 0.15) is 17.3 Å². The number of carbonyl (C=O) groups is 1. The van der Waals surface area contributed by atoms with Crippen LogP contribution in [0.3, 0.4) is 0 Å². The summed E-state index contributed by atoms with van der Waals surface area (Å²) in [5.41, 5.74) is 1.19. The van der Waals surface area contributed by atoms with Crippen molar-refractivity contribution in [3.05, 3.63) is 28.1 Å². The monoisotopic (exact) mass is 325 g/mol. The van der Waals surface area contributed by atoms with E-state index in [1.807, 2.05) is 7.05 Å². The van der Waals surface area contributed by atoms with Crippen LogP contribution >= 0.6 is 22.9 Å². The number of hydrogen-bond acceptors (Lipinski definition) is 7. The Labute approximate surface area is 132 Å². The Morgan fingerprint density at radius 3 is 2.86 bits per heavy atom. The largest absolute Gasteiger partial charge is 0.365 e. The maximum Gasteiger partial charge on any atom is 0.182 e. The van der Waals surface area contributed by atoms with E-state index >= 15 is 0 Å². The molecule has 0 fully saturated rings. The molecule has 1 N–H and O–H groups in total. The van der Waals surface area contributed by atoms with Crippen molar-refractivity contribution >= 4 is 40.2 Å². The quantitative estimate of drug-likeness (QED) is 0.855. The second-order valence-electron chi connectivity index (χ2n) is 4.25. The van der Waals surface area contributed by atoms with E-state index in [2.05, 4.69) is 25.2 Å². The second kappa shape index (κ2) is 7.33. The molecule has 2 aromatic heterocycles. The highest BCUT2D eigenvalue weighted by molar-refractivity contribution is 7.15. The molecule has 1 aliphatic heterocycles. The zero-order valence-electron chi connectivity index (χ0n) is 11.8. The summed E-state index contributed by atoms with van der Waals surface area (Å²) in [6, 6.07) is 0. The van der Waals surface area contributed by atoms with Gasteiger partial charge in [-0.1, -0.05) is 22.9 Å². The van der Waals surface area contributed by atoms with E-state index in [4.69, 9.17) is 16.4 Å². The molecular formula is C13H16ClN5OS. The Bertz CT molecular complexity index is 618. The lowest BCUT2D eigenvalue weighted by Gasteiger charge is -2.26. The summed E-state index contributed by atoms with van der Waals surface area (Å²) >= 11 is 7.56. The number of nitrogens with one attached hydrogen (secondary N) is 1. The predicted molar refractivity (Wildman–Crippen MR) is 85.2 cm³/mol. The molecule has 3 rings (SSSR count). The van der Waals surface area contributed by atoms with Gasteiger partial charge in [0, 0.05) is 24.9 Å². The number of halogens is 1. The van der Waals surface area contributed by atoms with Crippen LogP contribution in [0.4, 0.5) is 10.9 Å². The van der Waals surface area contributed by atoms with E-state index in [9.17, 15) is 0 Å². The van der Waals surface area contributed by atoms with Crippen molar-refractivity contribution in [3.8, 4) is 0 Å². The molecule has 8 heteroatoms. The minimum Gasteiger partial charge on any atom is -0.365 e. The van der Waals surface area contributed by atoms with Gasteiger partial charge in [-0.2, -0.15) is 0 Å². The minimum atomic E-state index is 0.429. The van der Waals surface area contributed by atoms with Gasteiger partial charge in [0.25, 0.3) is 0 Å². The van der Waals surface area contributed by atoms with E-state index in [0.717, 1.165) is 36.7 Å². The highest BCUT2D eigenvalue weighted by Crippen LogP contribution is 2.29. The highest BCUT2D eigenvalue weighted by atomic mass is 35.5. The number of aldehydes is 1. The Kier molecular flexibility index (Phi) is 5.46. The number of carbonyl (C=O) groups excluding carboxylic acids is 1. The molecule has 6 nitrogen and oxygen atoms in total. The molecule has 0 aromatic carbocycles. The maximum atomic E-state index is 8.81. The van der Waals surface area contributed by atoms with E-state index in [0.29, 0.717) is 5.15 Å². The number of fused-ring (bicyclic) bond motifs is 1. The number of aromatic nitrogens is 3. The fourth-order valence-corrected chi connectivity index (χ4v) is 3.10. The number of nitrogens with zero attached hydrogens (tertiary/aromatic N) is 4. The van der Waals surface area contributed by atoms with Crippen LogP contribution in [0, 0.1) is 0 Å². The summed E-state index contributed by atoms with van der Waals surface area (Å²) in [5.74, 6) is 0.826. The number of hydrogen-bond donors (Lipinski definition) is 1. The topological polar surface area (TPSA) is 71.0 Å². The van der Waals surface area contributed by atoms with Gasteiger partial charge < -0.3 is 15.0 Å². The molecule has 0 aliphatic carbocycles. The first kappa shape index (κ1) is 15.7. The van der Waals surface area contributed by atoms with E-state index < -0.39 is 0 Å². The average molecular weight is 326 g/mol. The van der Waals surface area contributed by atoms with Gasteiger partial charge in [-0.15, -0.1) is 0 Å². The van der Waals surface area contributed by atoms with Gasteiger partial charge in [-0.25, -0.2) is 9.97 Å². The molecule has 0 saturated heterocycles. The zero-order valence-corrected chi connectivity index (χ0v) is 13.4. The third-order valence-electron chi connectivity index (χ3n) is 2.86. The average Bonchev–Trinajstić information content (AvgIpc) is 2.90. The van der Waals surface area contributed by atoms with Crippen LogP contribution in [0.5, 0.6) is 0 Å². The lowest BCUT2D eigenvalue weighted by Crippen LogP contribution is -2.30. The smallest absolute Gasteiger partial charge is 0.182 e. The summed E-state index contributed by atoms with van der Waals surface area (Å²) in [6.07, 6.45) is 4.98. The van der Waals surface area contributed by atoms with Gasteiger partial charge in [-0.05, 0) is 6.92 Å². The summed E-state index contributed by atoms with van der Waals surface area (Å²) in [5, 5.41) is 4.49. The molecule has 21 heavy (non-hydrogen) atoms. The van der Waals surface area contributed by atoms with Crippen LogP contribution in [0.15, 0.2) is 12.4 Å². The summed E-state index contributed by atoms with van der Waals surface area (Å²) in [6.45, 7) is 3.17. The van der Waals surface area contributed by atoms with Crippen LogP contribution in [0.2, 0.25) is 5.15 Å². The molecule has 2 aromatic rings. The standard InChI is InChI=1S/C11H12ClN5S.C2H4O/c1-13-11-15-7-2-3-17(6-8(7)18-11)10-5-14-4-9(12)16-10;1-2-3/h4-5H,2-3,6H2,1H3,(H,13,15);2H,1H3. The van der Waals surface area contributed by atoms with Gasteiger partial charge in [0.05, 0.1) is 24.6 Å². The SMILES string of the molecule is CC=O.CNc1nc2c(s1)CN(c1cncc(Cl)n1)CC2. The Morgan fingerprint density at radius 2 is 2.19 bits per heavy atom. The lowest BCUT2D eigenvalue weighted by molar-refractivity contribution is -0.106. The molecule has 0 amide bonds. The number of thiazole rings is 1. The number of rotatable bonds is 2. The fraction of sp³-hybridized carbons (Fsp3) is 0.385. The lowest BCUT2D eigenvalue weighted by atomic mass is 10.2. The highest BCUT2D eigenvalue weighted by Gasteiger charge is 2.21. The first-order chi connectivity index (χ1) is 10.2. The van der Waals surface area contributed by atoms with Crippen LogP contribution in [0.25, 0.3) is 0 Å². The molecule has 0 saturated carbocycles. The van der Waals surface area contributed by atoms with Crippen molar-refractivity contribution in [2.75, 3.05) is 23.8 Å². The number of anilines is 2.